The lowest BCUT2D eigenvalue weighted by molar-refractivity contribution is -0.140. The molecule has 7 nitrogen and oxygen atoms in total. The van der Waals surface area contributed by atoms with Gasteiger partial charge in [0.25, 0.3) is 0 Å². The van der Waals surface area contributed by atoms with Gasteiger partial charge in [-0.05, 0) is 0 Å². The van der Waals surface area contributed by atoms with Crippen LogP contribution in [0, 0.1) is 0 Å². The number of carboxylic acid groups (broad SMARTS) is 1. The number of aliphatic hydroxyl groups is 2. The monoisotopic (exact) mass is 194 g/mol. The lowest BCUT2D eigenvalue weighted by atomic mass is 10.2. The van der Waals surface area contributed by atoms with Crippen LogP contribution in [0.2, 0.25) is 0 Å². The second-order valence-corrected chi connectivity index (χ2v) is 2.06. The van der Waals surface area contributed by atoms with Crippen LogP contribution in [0.5, 0.6) is 0 Å². The minimum atomic E-state index is -1.21. The molecular formula is C6H14N2O5. The smallest absolute Gasteiger partial charge is 0.321 e. The molecule has 7 N–H and O–H groups in total. The van der Waals surface area contributed by atoms with E-state index in [0.29, 0.717) is 0 Å². The average molecular weight is 194 g/mol. The molecule has 1 amide bonds. The van der Waals surface area contributed by atoms with Crippen molar-refractivity contribution in [3.63, 3.8) is 0 Å². The number of hydrogen-bond acceptors (Lipinski definition) is 5. The Bertz CT molecular complexity index is 159. The zero-order valence-corrected chi connectivity index (χ0v) is 7.01. The van der Waals surface area contributed by atoms with Gasteiger partial charge >= 0.3 is 5.97 Å². The summed E-state index contributed by atoms with van der Waals surface area (Å²) in [6.45, 7) is -0.250. The number of carbonyl (C=O) groups is 2. The van der Waals surface area contributed by atoms with Gasteiger partial charge < -0.3 is 26.8 Å². The third kappa shape index (κ3) is 13.8. The summed E-state index contributed by atoms with van der Waals surface area (Å²) in [5, 5.41) is 23.3. The zero-order valence-electron chi connectivity index (χ0n) is 7.01. The van der Waals surface area contributed by atoms with E-state index in [2.05, 4.69) is 5.73 Å². The van der Waals surface area contributed by atoms with E-state index in [1.54, 1.807) is 0 Å². The summed E-state index contributed by atoms with van der Waals surface area (Å²) in [7, 11) is 0. The summed E-state index contributed by atoms with van der Waals surface area (Å²) >= 11 is 0. The Morgan fingerprint density at radius 3 is 1.69 bits per heavy atom. The van der Waals surface area contributed by atoms with E-state index in [4.69, 9.17) is 21.1 Å². The second-order valence-electron chi connectivity index (χ2n) is 2.06. The van der Waals surface area contributed by atoms with Crippen LogP contribution < -0.4 is 11.5 Å². The lowest BCUT2D eigenvalue weighted by Gasteiger charge is -1.99. The third-order valence-corrected chi connectivity index (χ3v) is 0.838. The maximum absolute atomic E-state index is 9.99. The molecule has 13 heavy (non-hydrogen) atoms. The molecule has 78 valence electrons. The number of aliphatic carboxylic acids is 1. The van der Waals surface area contributed by atoms with Gasteiger partial charge in [0.15, 0.2) is 0 Å². The first-order chi connectivity index (χ1) is 5.95. The summed E-state index contributed by atoms with van der Waals surface area (Å²) in [5.74, 6) is -1.92. The Hall–Kier alpha value is -1.18. The van der Waals surface area contributed by atoms with E-state index >= 15 is 0 Å². The molecular weight excluding hydrogens is 180 g/mol. The van der Waals surface area contributed by atoms with Gasteiger partial charge in [0.2, 0.25) is 5.91 Å². The maximum atomic E-state index is 9.99. The zero-order chi connectivity index (χ0) is 10.9. The van der Waals surface area contributed by atoms with Crippen LogP contribution in [-0.4, -0.2) is 46.5 Å². The summed E-state index contributed by atoms with van der Waals surface area (Å²) in [6, 6.07) is -1.16. The Kier molecular flexibility index (Phi) is 9.84. The molecule has 0 aliphatic carbocycles. The largest absolute Gasteiger partial charge is 0.480 e. The first kappa shape index (κ1) is 14.3. The number of nitrogens with two attached hydrogens (primary N) is 2. The molecule has 7 heteroatoms. The van der Waals surface area contributed by atoms with Crippen molar-refractivity contribution in [2.45, 2.75) is 12.5 Å². The van der Waals surface area contributed by atoms with Crippen molar-refractivity contribution in [2.75, 3.05) is 13.2 Å². The van der Waals surface area contributed by atoms with Crippen molar-refractivity contribution in [1.29, 1.82) is 0 Å². The molecule has 0 aromatic rings. The number of amides is 1. The van der Waals surface area contributed by atoms with Crippen LogP contribution in [-0.2, 0) is 9.59 Å². The van der Waals surface area contributed by atoms with Gasteiger partial charge in [-0.2, -0.15) is 0 Å². The average Bonchev–Trinajstić information content (AvgIpc) is 2.03. The fourth-order valence-corrected chi connectivity index (χ4v) is 0.304. The van der Waals surface area contributed by atoms with Gasteiger partial charge in [0, 0.05) is 0 Å². The van der Waals surface area contributed by atoms with E-state index < -0.39 is 17.9 Å². The van der Waals surface area contributed by atoms with Gasteiger partial charge in [0.1, 0.15) is 6.04 Å². The molecule has 0 unspecified atom stereocenters. The molecule has 0 saturated carbocycles. The first-order valence-corrected chi connectivity index (χ1v) is 3.44. The highest BCUT2D eigenvalue weighted by atomic mass is 16.4. The molecule has 0 aliphatic rings. The van der Waals surface area contributed by atoms with Crippen molar-refractivity contribution in [2.24, 2.45) is 11.5 Å². The number of primary amides is 1. The quantitative estimate of drug-likeness (QED) is 0.327. The van der Waals surface area contributed by atoms with Crippen molar-refractivity contribution in [3.8, 4) is 0 Å². The van der Waals surface area contributed by atoms with E-state index in [1.807, 2.05) is 0 Å². The minimum Gasteiger partial charge on any atom is -0.480 e. The fraction of sp³-hybridized carbons (Fsp3) is 0.667. The molecule has 0 bridgehead atoms. The van der Waals surface area contributed by atoms with E-state index in [9.17, 15) is 9.59 Å². The topological polar surface area (TPSA) is 147 Å². The molecule has 0 spiro atoms. The van der Waals surface area contributed by atoms with E-state index in [-0.39, 0.29) is 19.6 Å². The van der Waals surface area contributed by atoms with Gasteiger partial charge in [-0.3, -0.25) is 9.59 Å². The summed E-state index contributed by atoms with van der Waals surface area (Å²) in [5.41, 5.74) is 9.57. The molecule has 0 heterocycles. The van der Waals surface area contributed by atoms with Crippen LogP contribution in [0.3, 0.4) is 0 Å². The lowest BCUT2D eigenvalue weighted by Crippen LogP contribution is -2.34. The molecule has 0 radical (unpaired) electrons. The highest BCUT2D eigenvalue weighted by molar-refractivity contribution is 5.82. The predicted octanol–water partition coefficient (Wildman–Crippen LogP) is -2.76. The highest BCUT2D eigenvalue weighted by Crippen LogP contribution is 1.84. The van der Waals surface area contributed by atoms with Crippen LogP contribution in [0.1, 0.15) is 6.42 Å². The molecule has 0 aromatic heterocycles. The Balaban J connectivity index is 0. The van der Waals surface area contributed by atoms with Gasteiger partial charge in [-0.1, -0.05) is 0 Å². The molecule has 0 fully saturated rings. The summed E-state index contributed by atoms with van der Waals surface area (Å²) in [4.78, 5) is 19.9. The fourth-order valence-electron chi connectivity index (χ4n) is 0.304. The molecule has 1 atom stereocenters. The summed E-state index contributed by atoms with van der Waals surface area (Å²) < 4.78 is 0. The number of rotatable bonds is 4. The first-order valence-electron chi connectivity index (χ1n) is 3.44. The van der Waals surface area contributed by atoms with Crippen LogP contribution in [0.25, 0.3) is 0 Å². The van der Waals surface area contributed by atoms with Crippen LogP contribution in [0.4, 0.5) is 0 Å². The van der Waals surface area contributed by atoms with Crippen LogP contribution in [0.15, 0.2) is 0 Å². The maximum Gasteiger partial charge on any atom is 0.321 e. The SMILES string of the molecule is NC(=O)C[C@H](N)C(=O)O.OCCO. The van der Waals surface area contributed by atoms with Crippen molar-refractivity contribution in [1.82, 2.24) is 0 Å². The number of carboxylic acids is 1. The predicted molar refractivity (Wildman–Crippen MR) is 43.6 cm³/mol. The second kappa shape index (κ2) is 8.91. The van der Waals surface area contributed by atoms with Gasteiger partial charge in [-0.15, -0.1) is 0 Å². The van der Waals surface area contributed by atoms with Gasteiger partial charge in [0.05, 0.1) is 19.6 Å². The summed E-state index contributed by atoms with van der Waals surface area (Å²) in [6.07, 6.45) is -0.310. The molecule has 0 aromatic carbocycles. The van der Waals surface area contributed by atoms with Crippen molar-refractivity contribution < 1.29 is 24.9 Å². The van der Waals surface area contributed by atoms with E-state index in [0.717, 1.165) is 0 Å². The highest BCUT2D eigenvalue weighted by Gasteiger charge is 2.13. The number of carbonyl (C=O) groups excluding carboxylic acids is 1. The Labute approximate surface area is 75.0 Å². The normalized spacial score (nSPS) is 11.0. The van der Waals surface area contributed by atoms with Gasteiger partial charge in [-0.25, -0.2) is 0 Å². The van der Waals surface area contributed by atoms with Crippen LogP contribution >= 0.6 is 0 Å². The third-order valence-electron chi connectivity index (χ3n) is 0.838. The molecule has 0 saturated heterocycles. The van der Waals surface area contributed by atoms with E-state index in [1.165, 1.54) is 0 Å². The van der Waals surface area contributed by atoms with Crippen molar-refractivity contribution in [3.05, 3.63) is 0 Å². The molecule has 0 rings (SSSR count). The molecule has 0 aliphatic heterocycles. The van der Waals surface area contributed by atoms with Crippen molar-refractivity contribution >= 4 is 11.9 Å². The Morgan fingerprint density at radius 1 is 1.23 bits per heavy atom. The Morgan fingerprint density at radius 2 is 1.62 bits per heavy atom. The number of aliphatic hydroxyl groups excluding tert-OH is 2. The minimum absolute atomic E-state index is 0.125. The standard InChI is InChI=1S/C4H8N2O3.C2H6O2/c5-2(4(8)9)1-3(6)7;3-1-2-4/h2H,1,5H2,(H2,6,7)(H,8,9);3-4H,1-2H2/t2-;/m0./s1. The number of hydrogen-bond donors (Lipinski definition) is 5.